The summed E-state index contributed by atoms with van der Waals surface area (Å²) >= 11 is 6.61. The number of amides is 4. The number of methoxy groups -OCH3 is 1. The van der Waals surface area contributed by atoms with Crippen LogP contribution >= 0.6 is 11.6 Å². The van der Waals surface area contributed by atoms with E-state index in [0.717, 1.165) is 12.1 Å². The van der Waals surface area contributed by atoms with Crippen molar-refractivity contribution in [1.29, 1.82) is 0 Å². The first-order chi connectivity index (χ1) is 42.7. The van der Waals surface area contributed by atoms with Crippen LogP contribution in [0.1, 0.15) is 50.9 Å². The molecule has 32 heteroatoms. The number of anilines is 1. The SMILES string of the molecule is COc1ccc2c(OS(=O)(=O)Oc3cc(C(=O)N(C)CCOCCn4cc(CCOCCN5C(=O)CCC5=O)nn4)ccc3O[C@@H]3O[C@H](CO)[C@H](O)[C@H](O)C3O)cc3c(c2c1)[C@H](CCl)CN3C(=O)c1cc2cc(OC3O[C@H](CO)[C@H](O)[C@H](O)[C@H]3O)ccc2[nH]1. The first-order valence-electron chi connectivity index (χ1n) is 28.2. The molecular weight excluding hydrogens is 1220 g/mol. The molecule has 480 valence electrons. The molecule has 4 aliphatic heterocycles. The van der Waals surface area contributed by atoms with Crippen LogP contribution < -0.4 is 27.5 Å². The van der Waals surface area contributed by atoms with Crippen molar-refractivity contribution >= 4 is 73.0 Å². The van der Waals surface area contributed by atoms with Gasteiger partial charge in [0, 0.05) is 85.3 Å². The van der Waals surface area contributed by atoms with Gasteiger partial charge in [0.15, 0.2) is 17.2 Å². The third kappa shape index (κ3) is 14.2. The molecule has 2 aromatic heterocycles. The molecule has 4 aliphatic rings. The molecular formula is C57H66ClN7O23S. The zero-order valence-corrected chi connectivity index (χ0v) is 49.4. The number of aliphatic hydroxyl groups is 8. The minimum absolute atomic E-state index is 0.00661. The first-order valence-corrected chi connectivity index (χ1v) is 30.1. The quantitative estimate of drug-likeness (QED) is 0.0187. The van der Waals surface area contributed by atoms with Crippen molar-refractivity contribution in [3.63, 3.8) is 0 Å². The number of nitrogens with one attached hydrogen (secondary N) is 1. The van der Waals surface area contributed by atoms with E-state index in [1.807, 2.05) is 0 Å². The number of ether oxygens (including phenoxy) is 7. The van der Waals surface area contributed by atoms with Crippen molar-refractivity contribution in [3.8, 4) is 28.7 Å². The van der Waals surface area contributed by atoms with Gasteiger partial charge in [0.05, 0.1) is 71.2 Å². The Morgan fingerprint density at radius 3 is 2.09 bits per heavy atom. The van der Waals surface area contributed by atoms with Crippen LogP contribution in [-0.4, -0.2) is 243 Å². The minimum atomic E-state index is -5.34. The maximum atomic E-state index is 14.7. The molecule has 0 radical (unpaired) electrons. The van der Waals surface area contributed by atoms with Crippen LogP contribution in [0.4, 0.5) is 5.69 Å². The molecule has 11 atom stereocenters. The van der Waals surface area contributed by atoms with Crippen LogP contribution in [0.2, 0.25) is 0 Å². The molecule has 4 aromatic carbocycles. The Kier molecular flexibility index (Phi) is 20.2. The number of H-pyrrole nitrogens is 1. The lowest BCUT2D eigenvalue weighted by molar-refractivity contribution is -0.277. The number of rotatable bonds is 26. The fraction of sp³-hybridized carbons (Fsp3) is 0.474. The van der Waals surface area contributed by atoms with Crippen LogP contribution in [-0.2, 0) is 51.9 Å². The topological polar surface area (TPSA) is 404 Å². The summed E-state index contributed by atoms with van der Waals surface area (Å²) in [6.45, 7) is -0.221. The number of alkyl halides is 1. The number of benzene rings is 4. The monoisotopic (exact) mass is 1280 g/mol. The van der Waals surface area contributed by atoms with E-state index >= 15 is 0 Å². The number of hydrogen-bond donors (Lipinski definition) is 9. The molecule has 89 heavy (non-hydrogen) atoms. The number of likely N-dealkylation sites (tertiary alicyclic amines) is 1. The highest BCUT2D eigenvalue weighted by Gasteiger charge is 2.47. The van der Waals surface area contributed by atoms with Crippen molar-refractivity contribution in [2.24, 2.45) is 0 Å². The number of carbonyl (C=O) groups excluding carboxylic acids is 4. The average Bonchev–Trinajstić information content (AvgIpc) is 1.70. The number of likely N-dealkylation sites (N-methyl/N-ethyl adjacent to an activating group) is 1. The molecule has 10 rings (SSSR count). The molecule has 3 saturated heterocycles. The van der Waals surface area contributed by atoms with Gasteiger partial charge in [-0.15, -0.1) is 25.1 Å². The van der Waals surface area contributed by atoms with E-state index in [0.29, 0.717) is 52.9 Å². The summed E-state index contributed by atoms with van der Waals surface area (Å²) < 4.78 is 81.5. The molecule has 6 aromatic rings. The van der Waals surface area contributed by atoms with Crippen molar-refractivity contribution in [1.82, 2.24) is 29.8 Å². The lowest BCUT2D eigenvalue weighted by atomic mass is 9.95. The number of hydrogen-bond acceptors (Lipinski definition) is 25. The highest BCUT2D eigenvalue weighted by molar-refractivity contribution is 7.82. The Morgan fingerprint density at radius 2 is 1.40 bits per heavy atom. The highest BCUT2D eigenvalue weighted by atomic mass is 35.5. The van der Waals surface area contributed by atoms with E-state index in [-0.39, 0.29) is 104 Å². The van der Waals surface area contributed by atoms with Crippen LogP contribution in [0, 0.1) is 0 Å². The minimum Gasteiger partial charge on any atom is -0.497 e. The molecule has 4 amide bonds. The third-order valence-corrected chi connectivity index (χ3v) is 16.7. The largest absolute Gasteiger partial charge is 0.501 e. The predicted molar refractivity (Wildman–Crippen MR) is 308 cm³/mol. The number of aromatic nitrogens is 4. The number of carbonyl (C=O) groups is 4. The van der Waals surface area contributed by atoms with E-state index in [2.05, 4.69) is 15.3 Å². The third-order valence-electron chi connectivity index (χ3n) is 15.5. The van der Waals surface area contributed by atoms with Crippen LogP contribution in [0.3, 0.4) is 0 Å². The van der Waals surface area contributed by atoms with E-state index in [1.54, 1.807) is 29.1 Å². The number of imide groups is 1. The lowest BCUT2D eigenvalue weighted by Gasteiger charge is -2.39. The lowest BCUT2D eigenvalue weighted by Crippen LogP contribution is -2.60. The number of halogens is 1. The normalized spacial score (nSPS) is 24.6. The standard InChI is InChI=1S/C57H66ClN7O23S/c1-62(12-16-82-17-13-63-26-32(60-61-63)11-15-81-18-14-64-45(68)9-10-46(64)69)54(76)29-3-8-40(84-57-53(75)51(73)49(71)44(28-67)86-57)42(21-29)88-89(78,79)87-41-23-39-47(36-22-33(80-2)4-6-35(36)41)31(24-58)25-65(39)55(77)38-20-30-19-34(5-7-37(30)59-38)83-56-52(74)50(72)48(70)43(27-66)85-56/h3-8,19-23,26,31,43-44,48-53,56-57,59,66-67,70-75H,9-18,24-25,27-28H2,1-2H3/t31-,43-,44-,48+,49+,50+,51+,52-,53?,56?,57-/m1/s1. The van der Waals surface area contributed by atoms with E-state index in [4.69, 9.17) is 53.1 Å². The molecule has 0 aliphatic carbocycles. The van der Waals surface area contributed by atoms with Gasteiger partial charge in [0.25, 0.3) is 11.8 Å². The summed E-state index contributed by atoms with van der Waals surface area (Å²) in [6.07, 6.45) is -14.0. The molecule has 0 saturated carbocycles. The van der Waals surface area contributed by atoms with Gasteiger partial charge in [-0.25, -0.2) is 4.68 Å². The molecule has 0 spiro atoms. The van der Waals surface area contributed by atoms with Gasteiger partial charge >= 0.3 is 10.4 Å². The maximum absolute atomic E-state index is 14.7. The van der Waals surface area contributed by atoms with Gasteiger partial charge < -0.3 is 97.2 Å². The maximum Gasteiger partial charge on any atom is 0.501 e. The number of fused-ring (bicyclic) bond motifs is 4. The van der Waals surface area contributed by atoms with Crippen LogP contribution in [0.15, 0.2) is 72.9 Å². The van der Waals surface area contributed by atoms with Crippen LogP contribution in [0.5, 0.6) is 28.7 Å². The van der Waals surface area contributed by atoms with Crippen molar-refractivity contribution < 1.29 is 110 Å². The molecule has 2 unspecified atom stereocenters. The number of aliphatic hydroxyl groups excluding tert-OH is 8. The number of aromatic amines is 1. The molecule has 9 N–H and O–H groups in total. The molecule has 0 bridgehead atoms. The number of nitrogens with zero attached hydrogens (tertiary/aromatic N) is 6. The summed E-state index contributed by atoms with van der Waals surface area (Å²) in [5.41, 5.74) is 1.78. The smallest absolute Gasteiger partial charge is 0.497 e. The van der Waals surface area contributed by atoms with Gasteiger partial charge in [0.2, 0.25) is 24.4 Å². The fourth-order valence-corrected chi connectivity index (χ4v) is 11.7. The van der Waals surface area contributed by atoms with Gasteiger partial charge in [-0.2, -0.15) is 0 Å². The average molecular weight is 1280 g/mol. The Labute approximate surface area is 512 Å². The van der Waals surface area contributed by atoms with Crippen LogP contribution in [0.25, 0.3) is 21.7 Å². The second-order valence-electron chi connectivity index (χ2n) is 21.4. The Bertz CT molecular complexity index is 3650. The van der Waals surface area contributed by atoms with E-state index < -0.39 is 114 Å². The zero-order chi connectivity index (χ0) is 63.4. The Balaban J connectivity index is 0.852. The molecule has 3 fully saturated rings. The summed E-state index contributed by atoms with van der Waals surface area (Å²) in [5, 5.41) is 91.9. The van der Waals surface area contributed by atoms with Gasteiger partial charge in [-0.1, -0.05) is 5.21 Å². The first kappa shape index (κ1) is 64.6. The second kappa shape index (κ2) is 27.8. The van der Waals surface area contributed by atoms with Crippen molar-refractivity contribution in [3.05, 3.63) is 95.4 Å². The Hall–Kier alpha value is -7.34. The van der Waals surface area contributed by atoms with Crippen molar-refractivity contribution in [2.45, 2.75) is 93.1 Å². The van der Waals surface area contributed by atoms with Gasteiger partial charge in [-0.05, 0) is 71.6 Å². The summed E-state index contributed by atoms with van der Waals surface area (Å²) in [6, 6.07) is 15.6. The second-order valence-corrected chi connectivity index (χ2v) is 22.9. The molecule has 6 heterocycles. The predicted octanol–water partition coefficient (Wildman–Crippen LogP) is -0.539. The van der Waals surface area contributed by atoms with E-state index in [1.165, 1.54) is 65.3 Å². The summed E-state index contributed by atoms with van der Waals surface area (Å²) in [5.74, 6) is -3.17. The van der Waals surface area contributed by atoms with E-state index in [9.17, 15) is 68.4 Å². The highest BCUT2D eigenvalue weighted by Crippen LogP contribution is 2.48. The fourth-order valence-electron chi connectivity index (χ4n) is 10.7. The van der Waals surface area contributed by atoms with Crippen molar-refractivity contribution in [2.75, 3.05) is 84.2 Å². The Morgan fingerprint density at radius 1 is 0.742 bits per heavy atom. The van der Waals surface area contributed by atoms with Gasteiger partial charge in [0.1, 0.15) is 66.0 Å². The molecule has 30 nitrogen and oxygen atoms in total. The zero-order valence-electron chi connectivity index (χ0n) is 47.8. The summed E-state index contributed by atoms with van der Waals surface area (Å²) in [4.78, 5) is 59.3. The summed E-state index contributed by atoms with van der Waals surface area (Å²) in [7, 11) is -2.45. The van der Waals surface area contributed by atoms with Gasteiger partial charge in [-0.3, -0.25) is 24.1 Å².